The molecule has 2 amide bonds. The maximum Gasteiger partial charge on any atom is 0.244 e. The van der Waals surface area contributed by atoms with E-state index in [1.54, 1.807) is 42.5 Å². The summed E-state index contributed by atoms with van der Waals surface area (Å²) >= 11 is 15.8. The minimum Gasteiger partial charge on any atom is -0.357 e. The number of hydrogen-bond donors (Lipinski definition) is 1. The SMILES string of the molecule is CNC(=O)C(Cc1ccccc1)N(Cc1ccc(Cl)cc1Cl)C(=O)CN(c1ccccc1Br)S(C)(=O)=O. The maximum absolute atomic E-state index is 13.9. The summed E-state index contributed by atoms with van der Waals surface area (Å²) in [6.07, 6.45) is 1.24. The summed E-state index contributed by atoms with van der Waals surface area (Å²) in [4.78, 5) is 28.3. The van der Waals surface area contributed by atoms with Crippen molar-refractivity contribution in [2.75, 3.05) is 24.2 Å². The molecule has 3 aromatic rings. The molecule has 7 nitrogen and oxygen atoms in total. The van der Waals surface area contributed by atoms with E-state index in [-0.39, 0.29) is 13.0 Å². The highest BCUT2D eigenvalue weighted by Crippen LogP contribution is 2.29. The van der Waals surface area contributed by atoms with Gasteiger partial charge in [0.1, 0.15) is 12.6 Å². The van der Waals surface area contributed by atoms with Crippen LogP contribution in [0, 0.1) is 0 Å². The third-order valence-corrected chi connectivity index (χ3v) is 8.06. The van der Waals surface area contributed by atoms with Gasteiger partial charge in [-0.2, -0.15) is 0 Å². The van der Waals surface area contributed by atoms with E-state index < -0.39 is 34.4 Å². The molecule has 0 heterocycles. The summed E-state index contributed by atoms with van der Waals surface area (Å²) in [5, 5.41) is 3.38. The predicted molar refractivity (Wildman–Crippen MR) is 151 cm³/mol. The van der Waals surface area contributed by atoms with Crippen LogP contribution in [0.3, 0.4) is 0 Å². The van der Waals surface area contributed by atoms with E-state index >= 15 is 0 Å². The normalized spacial score (nSPS) is 12.0. The van der Waals surface area contributed by atoms with Gasteiger partial charge in [0.2, 0.25) is 21.8 Å². The van der Waals surface area contributed by atoms with Crippen molar-refractivity contribution in [1.82, 2.24) is 10.2 Å². The number of anilines is 1. The zero-order valence-electron chi connectivity index (χ0n) is 20.2. The minimum atomic E-state index is -3.85. The second-order valence-electron chi connectivity index (χ2n) is 8.30. The monoisotopic (exact) mass is 625 g/mol. The number of nitrogens with one attached hydrogen (secondary N) is 1. The Bertz CT molecular complexity index is 1370. The molecule has 0 aliphatic carbocycles. The van der Waals surface area contributed by atoms with Crippen molar-refractivity contribution in [3.05, 3.63) is 98.4 Å². The maximum atomic E-state index is 13.9. The smallest absolute Gasteiger partial charge is 0.244 e. The van der Waals surface area contributed by atoms with Crippen LogP contribution in [0.5, 0.6) is 0 Å². The number of benzene rings is 3. The zero-order chi connectivity index (χ0) is 27.2. The summed E-state index contributed by atoms with van der Waals surface area (Å²) in [6.45, 7) is -0.553. The lowest BCUT2D eigenvalue weighted by Crippen LogP contribution is -2.53. The molecule has 0 aliphatic rings. The molecule has 3 aromatic carbocycles. The van der Waals surface area contributed by atoms with Crippen LogP contribution in [-0.2, 0) is 32.6 Å². The average Bonchev–Trinajstić information content (AvgIpc) is 2.85. The van der Waals surface area contributed by atoms with Gasteiger partial charge in [0.25, 0.3) is 0 Å². The second-order valence-corrected chi connectivity index (χ2v) is 11.9. The van der Waals surface area contributed by atoms with Gasteiger partial charge in [-0.3, -0.25) is 13.9 Å². The molecule has 1 atom stereocenters. The molecule has 196 valence electrons. The standard InChI is InChI=1S/C26H26BrCl2N3O4S/c1-30-26(34)24(14-18-8-4-3-5-9-18)31(16-19-12-13-20(28)15-22(19)29)25(33)17-32(37(2,35)36)23-11-7-6-10-21(23)27/h3-13,15,24H,14,16-17H2,1-2H3,(H,30,34). The highest BCUT2D eigenvalue weighted by molar-refractivity contribution is 9.10. The van der Waals surface area contributed by atoms with Crippen LogP contribution in [0.2, 0.25) is 10.0 Å². The van der Waals surface area contributed by atoms with E-state index in [4.69, 9.17) is 23.2 Å². The van der Waals surface area contributed by atoms with Gasteiger partial charge in [-0.25, -0.2) is 8.42 Å². The molecule has 0 aromatic heterocycles. The van der Waals surface area contributed by atoms with Crippen molar-refractivity contribution in [2.45, 2.75) is 19.0 Å². The van der Waals surface area contributed by atoms with E-state index in [1.807, 2.05) is 30.3 Å². The van der Waals surface area contributed by atoms with Crippen LogP contribution >= 0.6 is 39.1 Å². The number of para-hydroxylation sites is 1. The second kappa shape index (κ2) is 12.8. The van der Waals surface area contributed by atoms with Gasteiger partial charge in [-0.1, -0.05) is 71.7 Å². The molecule has 11 heteroatoms. The Morgan fingerprint density at radius 1 is 1.00 bits per heavy atom. The summed E-state index contributed by atoms with van der Waals surface area (Å²) in [5.74, 6) is -0.967. The van der Waals surface area contributed by atoms with E-state index in [1.165, 1.54) is 11.9 Å². The first-order valence-corrected chi connectivity index (χ1v) is 14.6. The first-order valence-electron chi connectivity index (χ1n) is 11.2. The van der Waals surface area contributed by atoms with Gasteiger partial charge in [0, 0.05) is 34.5 Å². The number of hydrogen-bond acceptors (Lipinski definition) is 4. The first-order chi connectivity index (χ1) is 17.5. The number of carbonyl (C=O) groups is 2. The Kier molecular flexibility index (Phi) is 10.0. The fourth-order valence-electron chi connectivity index (χ4n) is 3.80. The molecule has 37 heavy (non-hydrogen) atoms. The van der Waals surface area contributed by atoms with Crippen LogP contribution < -0.4 is 9.62 Å². The first kappa shape index (κ1) is 29.0. The fraction of sp³-hybridized carbons (Fsp3) is 0.231. The number of carbonyl (C=O) groups excluding carboxylic acids is 2. The van der Waals surface area contributed by atoms with Crippen LogP contribution in [0.15, 0.2) is 77.3 Å². The van der Waals surface area contributed by atoms with Crippen molar-refractivity contribution in [2.24, 2.45) is 0 Å². The number of sulfonamides is 1. The number of nitrogens with zero attached hydrogens (tertiary/aromatic N) is 2. The lowest BCUT2D eigenvalue weighted by atomic mass is 10.0. The van der Waals surface area contributed by atoms with E-state index in [9.17, 15) is 18.0 Å². The Morgan fingerprint density at radius 3 is 2.24 bits per heavy atom. The molecular formula is C26H26BrCl2N3O4S. The molecule has 1 unspecified atom stereocenters. The van der Waals surface area contributed by atoms with Crippen molar-refractivity contribution in [3.8, 4) is 0 Å². The highest BCUT2D eigenvalue weighted by Gasteiger charge is 2.33. The predicted octanol–water partition coefficient (Wildman–Crippen LogP) is 4.91. The van der Waals surface area contributed by atoms with Crippen molar-refractivity contribution < 1.29 is 18.0 Å². The largest absolute Gasteiger partial charge is 0.357 e. The van der Waals surface area contributed by atoms with Gasteiger partial charge >= 0.3 is 0 Å². The number of likely N-dealkylation sites (N-methyl/N-ethyl adjacent to an activating group) is 1. The van der Waals surface area contributed by atoms with Gasteiger partial charge < -0.3 is 10.2 Å². The van der Waals surface area contributed by atoms with Crippen LogP contribution in [0.4, 0.5) is 5.69 Å². The van der Waals surface area contributed by atoms with Gasteiger partial charge in [0.15, 0.2) is 0 Å². The summed E-state index contributed by atoms with van der Waals surface area (Å²) < 4.78 is 27.0. The van der Waals surface area contributed by atoms with Crippen molar-refractivity contribution in [1.29, 1.82) is 0 Å². The minimum absolute atomic E-state index is 0.0344. The van der Waals surface area contributed by atoms with Crippen molar-refractivity contribution >= 4 is 66.7 Å². The molecule has 0 radical (unpaired) electrons. The molecule has 0 spiro atoms. The molecule has 0 saturated heterocycles. The highest BCUT2D eigenvalue weighted by atomic mass is 79.9. The quantitative estimate of drug-likeness (QED) is 0.347. The Balaban J connectivity index is 2.06. The molecule has 0 bridgehead atoms. The summed E-state index contributed by atoms with van der Waals surface area (Å²) in [5.41, 5.74) is 1.71. The molecule has 1 N–H and O–H groups in total. The third kappa shape index (κ3) is 7.70. The molecule has 0 saturated carbocycles. The van der Waals surface area contributed by atoms with Crippen LogP contribution in [0.1, 0.15) is 11.1 Å². The van der Waals surface area contributed by atoms with E-state index in [0.717, 1.165) is 16.1 Å². The Labute approximate surface area is 235 Å². The molecule has 0 fully saturated rings. The molecule has 0 aliphatic heterocycles. The summed E-state index contributed by atoms with van der Waals surface area (Å²) in [7, 11) is -2.37. The number of amides is 2. The topological polar surface area (TPSA) is 86.8 Å². The number of halogens is 3. The van der Waals surface area contributed by atoms with Crippen LogP contribution in [0.25, 0.3) is 0 Å². The fourth-order valence-corrected chi connectivity index (χ4v) is 5.75. The number of rotatable bonds is 10. The van der Waals surface area contributed by atoms with Crippen LogP contribution in [-0.4, -0.2) is 51.0 Å². The van der Waals surface area contributed by atoms with E-state index in [2.05, 4.69) is 21.2 Å². The zero-order valence-corrected chi connectivity index (χ0v) is 24.1. The van der Waals surface area contributed by atoms with Gasteiger partial charge in [-0.15, -0.1) is 0 Å². The Hall–Kier alpha value is -2.59. The third-order valence-electron chi connectivity index (χ3n) is 5.67. The van der Waals surface area contributed by atoms with E-state index in [0.29, 0.717) is 25.8 Å². The lowest BCUT2D eigenvalue weighted by Gasteiger charge is -2.33. The van der Waals surface area contributed by atoms with Gasteiger partial charge in [-0.05, 0) is 51.3 Å². The molecular weight excluding hydrogens is 601 g/mol. The van der Waals surface area contributed by atoms with Crippen molar-refractivity contribution in [3.63, 3.8) is 0 Å². The lowest BCUT2D eigenvalue weighted by molar-refractivity contribution is -0.139. The summed E-state index contributed by atoms with van der Waals surface area (Å²) in [6, 6.07) is 19.9. The van der Waals surface area contributed by atoms with Gasteiger partial charge in [0.05, 0.1) is 11.9 Å². The Morgan fingerprint density at radius 2 is 1.65 bits per heavy atom. The average molecular weight is 627 g/mol. The molecule has 3 rings (SSSR count).